The van der Waals surface area contributed by atoms with Crippen LogP contribution in [0.2, 0.25) is 0 Å². The van der Waals surface area contributed by atoms with E-state index in [0.29, 0.717) is 18.3 Å². The zero-order valence-corrected chi connectivity index (χ0v) is 13.5. The summed E-state index contributed by atoms with van der Waals surface area (Å²) in [6.07, 6.45) is 0.262. The third kappa shape index (κ3) is 4.07. The van der Waals surface area contributed by atoms with Crippen molar-refractivity contribution in [1.82, 2.24) is 15.5 Å². The van der Waals surface area contributed by atoms with Crippen LogP contribution < -0.4 is 5.32 Å². The molecule has 0 aliphatic rings. The normalized spacial score (nSPS) is 11.9. The van der Waals surface area contributed by atoms with Gasteiger partial charge in [-0.2, -0.15) is 0 Å². The first-order chi connectivity index (χ1) is 11.7. The van der Waals surface area contributed by atoms with Gasteiger partial charge >= 0.3 is 0 Å². The molecule has 0 spiro atoms. The predicted octanol–water partition coefficient (Wildman–Crippen LogP) is 3.22. The molecular formula is C19H19N3O2. The second-order valence-electron chi connectivity index (χ2n) is 5.59. The lowest BCUT2D eigenvalue weighted by molar-refractivity contribution is -0.121. The highest BCUT2D eigenvalue weighted by molar-refractivity contribution is 5.77. The lowest BCUT2D eigenvalue weighted by Crippen LogP contribution is -2.25. The van der Waals surface area contributed by atoms with Gasteiger partial charge in [0.15, 0.2) is 0 Å². The van der Waals surface area contributed by atoms with E-state index < -0.39 is 0 Å². The van der Waals surface area contributed by atoms with Gasteiger partial charge in [-0.1, -0.05) is 60.7 Å². The molecule has 0 aliphatic carbocycles. The van der Waals surface area contributed by atoms with Crippen molar-refractivity contribution in [2.75, 3.05) is 0 Å². The maximum Gasteiger partial charge on any atom is 0.224 e. The monoisotopic (exact) mass is 321 g/mol. The summed E-state index contributed by atoms with van der Waals surface area (Å²) in [5.74, 6) is 0.663. The Morgan fingerprint density at radius 1 is 1.04 bits per heavy atom. The molecule has 3 aromatic rings. The Balaban J connectivity index is 1.71. The van der Waals surface area contributed by atoms with E-state index in [4.69, 9.17) is 4.42 Å². The number of nitrogens with zero attached hydrogens (tertiary/aromatic N) is 2. The van der Waals surface area contributed by atoms with Crippen LogP contribution in [0.5, 0.6) is 0 Å². The molecule has 0 fully saturated rings. The van der Waals surface area contributed by atoms with Crippen LogP contribution in [0.3, 0.4) is 0 Å². The van der Waals surface area contributed by atoms with Crippen molar-refractivity contribution in [3.05, 3.63) is 83.6 Å². The second kappa shape index (κ2) is 7.55. The molecule has 24 heavy (non-hydrogen) atoms. The van der Waals surface area contributed by atoms with Crippen LogP contribution in [-0.2, 0) is 11.3 Å². The minimum absolute atomic E-state index is 0.0523. The van der Waals surface area contributed by atoms with E-state index >= 15 is 0 Å². The lowest BCUT2D eigenvalue weighted by Gasteiger charge is -2.13. The third-order valence-corrected chi connectivity index (χ3v) is 3.76. The number of nitrogens with one attached hydrogen (secondary N) is 1. The van der Waals surface area contributed by atoms with Gasteiger partial charge in [-0.25, -0.2) is 0 Å². The molecule has 5 nitrogen and oxygen atoms in total. The van der Waals surface area contributed by atoms with Crippen LogP contribution in [0.25, 0.3) is 0 Å². The van der Waals surface area contributed by atoms with Crippen molar-refractivity contribution in [2.24, 2.45) is 0 Å². The van der Waals surface area contributed by atoms with Crippen molar-refractivity contribution in [3.63, 3.8) is 0 Å². The number of benzene rings is 2. The molecule has 3 rings (SSSR count). The van der Waals surface area contributed by atoms with Gasteiger partial charge < -0.3 is 9.73 Å². The first-order valence-corrected chi connectivity index (χ1v) is 7.88. The molecule has 122 valence electrons. The van der Waals surface area contributed by atoms with Gasteiger partial charge in [-0.05, 0) is 11.1 Å². The van der Waals surface area contributed by atoms with Crippen molar-refractivity contribution in [1.29, 1.82) is 0 Å². The molecule has 1 unspecified atom stereocenters. The summed E-state index contributed by atoms with van der Waals surface area (Å²) in [5, 5.41) is 10.9. The van der Waals surface area contributed by atoms with E-state index in [2.05, 4.69) is 15.5 Å². The highest BCUT2D eigenvalue weighted by Crippen LogP contribution is 2.26. The molecule has 1 aromatic heterocycles. The van der Waals surface area contributed by atoms with E-state index in [1.165, 1.54) is 0 Å². The molecule has 0 saturated carbocycles. The summed E-state index contributed by atoms with van der Waals surface area (Å²) in [4.78, 5) is 12.4. The minimum atomic E-state index is -0.247. The van der Waals surface area contributed by atoms with Crippen molar-refractivity contribution in [3.8, 4) is 0 Å². The van der Waals surface area contributed by atoms with Crippen LogP contribution in [-0.4, -0.2) is 16.1 Å². The van der Waals surface area contributed by atoms with Gasteiger partial charge in [0.1, 0.15) is 0 Å². The van der Waals surface area contributed by atoms with Crippen LogP contribution in [0.15, 0.2) is 65.1 Å². The van der Waals surface area contributed by atoms with E-state index in [0.717, 1.165) is 11.1 Å². The zero-order chi connectivity index (χ0) is 16.8. The van der Waals surface area contributed by atoms with Crippen LogP contribution >= 0.6 is 0 Å². The molecule has 1 atom stereocenters. The summed E-state index contributed by atoms with van der Waals surface area (Å²) in [7, 11) is 0. The highest BCUT2D eigenvalue weighted by atomic mass is 16.4. The topological polar surface area (TPSA) is 68.0 Å². The van der Waals surface area contributed by atoms with E-state index in [1.54, 1.807) is 6.92 Å². The SMILES string of the molecule is Cc1nnc(C(CC(=O)NCc2ccccc2)c2ccccc2)o1. The van der Waals surface area contributed by atoms with E-state index in [-0.39, 0.29) is 18.2 Å². The van der Waals surface area contributed by atoms with Gasteiger partial charge in [0, 0.05) is 19.9 Å². The number of hydrogen-bond donors (Lipinski definition) is 1. The van der Waals surface area contributed by atoms with E-state index in [9.17, 15) is 4.79 Å². The summed E-state index contributed by atoms with van der Waals surface area (Å²) >= 11 is 0. The van der Waals surface area contributed by atoms with Crippen LogP contribution in [0.4, 0.5) is 0 Å². The molecule has 0 aliphatic heterocycles. The Morgan fingerprint density at radius 2 is 1.71 bits per heavy atom. The summed E-state index contributed by atoms with van der Waals surface area (Å²) in [6.45, 7) is 2.25. The van der Waals surface area contributed by atoms with Crippen LogP contribution in [0.1, 0.15) is 35.2 Å². The van der Waals surface area contributed by atoms with Gasteiger partial charge in [0.2, 0.25) is 17.7 Å². The van der Waals surface area contributed by atoms with E-state index in [1.807, 2.05) is 60.7 Å². The number of aromatic nitrogens is 2. The third-order valence-electron chi connectivity index (χ3n) is 3.76. The molecular weight excluding hydrogens is 302 g/mol. The highest BCUT2D eigenvalue weighted by Gasteiger charge is 2.23. The van der Waals surface area contributed by atoms with Gasteiger partial charge in [0.25, 0.3) is 0 Å². The van der Waals surface area contributed by atoms with Gasteiger partial charge in [-0.15, -0.1) is 10.2 Å². The number of rotatable bonds is 6. The summed E-state index contributed by atoms with van der Waals surface area (Å²) in [5.41, 5.74) is 2.05. The standard InChI is InChI=1S/C19H19N3O2/c1-14-21-22-19(24-14)17(16-10-6-3-7-11-16)12-18(23)20-13-15-8-4-2-5-9-15/h2-11,17H,12-13H2,1H3,(H,20,23). The Hall–Kier alpha value is -2.95. The maximum atomic E-state index is 12.4. The fraction of sp³-hybridized carbons (Fsp3) is 0.211. The summed E-state index contributed by atoms with van der Waals surface area (Å²) < 4.78 is 5.56. The molecule has 0 bridgehead atoms. The molecule has 1 heterocycles. The molecule has 0 radical (unpaired) electrons. The second-order valence-corrected chi connectivity index (χ2v) is 5.59. The number of amides is 1. The largest absolute Gasteiger partial charge is 0.425 e. The zero-order valence-electron chi connectivity index (χ0n) is 13.5. The van der Waals surface area contributed by atoms with Gasteiger partial charge in [0.05, 0.1) is 5.92 Å². The first-order valence-electron chi connectivity index (χ1n) is 7.88. The molecule has 1 N–H and O–H groups in total. The quantitative estimate of drug-likeness (QED) is 0.757. The Morgan fingerprint density at radius 3 is 2.33 bits per heavy atom. The van der Waals surface area contributed by atoms with Crippen LogP contribution in [0, 0.1) is 6.92 Å². The minimum Gasteiger partial charge on any atom is -0.425 e. The Bertz CT molecular complexity index is 785. The Kier molecular flexibility index (Phi) is 5.01. The lowest BCUT2D eigenvalue weighted by atomic mass is 9.95. The number of aryl methyl sites for hydroxylation is 1. The van der Waals surface area contributed by atoms with Gasteiger partial charge in [-0.3, -0.25) is 4.79 Å². The molecule has 2 aromatic carbocycles. The Labute approximate surface area is 140 Å². The summed E-state index contributed by atoms with van der Waals surface area (Å²) in [6, 6.07) is 19.6. The first kappa shape index (κ1) is 15.9. The average molecular weight is 321 g/mol. The number of carbonyl (C=O) groups is 1. The van der Waals surface area contributed by atoms with Crippen molar-refractivity contribution in [2.45, 2.75) is 25.8 Å². The smallest absolute Gasteiger partial charge is 0.224 e. The molecule has 0 saturated heterocycles. The average Bonchev–Trinajstić information content (AvgIpc) is 3.05. The maximum absolute atomic E-state index is 12.4. The van der Waals surface area contributed by atoms with Crippen molar-refractivity contribution < 1.29 is 9.21 Å². The molecule has 1 amide bonds. The van der Waals surface area contributed by atoms with Crippen molar-refractivity contribution >= 4 is 5.91 Å². The fourth-order valence-electron chi connectivity index (χ4n) is 2.54. The molecule has 5 heteroatoms. The predicted molar refractivity (Wildman–Crippen MR) is 90.2 cm³/mol. The fourth-order valence-corrected chi connectivity index (χ4v) is 2.54. The number of hydrogen-bond acceptors (Lipinski definition) is 4. The number of carbonyl (C=O) groups excluding carboxylic acids is 1.